The number of nitrogens with zero attached hydrogens (tertiary/aromatic N) is 1. The molecule has 1 aliphatic rings. The molecule has 0 saturated carbocycles. The van der Waals surface area contributed by atoms with E-state index >= 15 is 0 Å². The van der Waals surface area contributed by atoms with Gasteiger partial charge in [-0.1, -0.05) is 36.4 Å². The fraction of sp³-hybridized carbons (Fsp3) is 0.222. The van der Waals surface area contributed by atoms with Gasteiger partial charge in [-0.3, -0.25) is 9.59 Å². The minimum atomic E-state index is -0.963. The summed E-state index contributed by atoms with van der Waals surface area (Å²) in [6.07, 6.45) is -0.375. The molecule has 1 heterocycles. The zero-order chi connectivity index (χ0) is 25.5. The van der Waals surface area contributed by atoms with E-state index in [2.05, 4.69) is 5.32 Å². The number of carbonyl (C=O) groups is 3. The number of hydrogen-bond donors (Lipinski definition) is 2. The number of benzene rings is 3. The van der Waals surface area contributed by atoms with Gasteiger partial charge >= 0.3 is 12.1 Å². The number of anilines is 1. The molecule has 1 fully saturated rings. The normalized spacial score (nSPS) is 12.7. The standard InChI is InChI=1S/C27H26N2O7/c1-34-23-9-7-19(15-26(31)32)13-24(23)36-22-10-8-21(16-20(22)17-29-11-12-35-27(29)33)28-25(30)14-18-5-3-2-4-6-18/h2-10,13,16H,11-12,14-15,17H2,1H3,(H,28,30)(H,31,32). The van der Waals surface area contributed by atoms with Crippen molar-refractivity contribution in [3.8, 4) is 17.2 Å². The highest BCUT2D eigenvalue weighted by Crippen LogP contribution is 2.36. The Balaban J connectivity index is 1.60. The van der Waals surface area contributed by atoms with Gasteiger partial charge in [-0.05, 0) is 41.5 Å². The van der Waals surface area contributed by atoms with E-state index in [9.17, 15) is 14.4 Å². The van der Waals surface area contributed by atoms with E-state index < -0.39 is 12.1 Å². The molecule has 9 heteroatoms. The number of rotatable bonds is 10. The summed E-state index contributed by atoms with van der Waals surface area (Å²) in [6, 6.07) is 19.5. The van der Waals surface area contributed by atoms with E-state index in [1.54, 1.807) is 36.4 Å². The second-order valence-electron chi connectivity index (χ2n) is 8.23. The SMILES string of the molecule is COc1ccc(CC(=O)O)cc1Oc1ccc(NC(=O)Cc2ccccc2)cc1CN1CCOC1=O. The van der Waals surface area contributed by atoms with E-state index in [4.69, 9.17) is 19.3 Å². The highest BCUT2D eigenvalue weighted by molar-refractivity contribution is 5.92. The Morgan fingerprint density at radius 1 is 0.972 bits per heavy atom. The van der Waals surface area contributed by atoms with Crippen molar-refractivity contribution < 1.29 is 33.7 Å². The smallest absolute Gasteiger partial charge is 0.410 e. The van der Waals surface area contributed by atoms with Crippen LogP contribution in [0.1, 0.15) is 16.7 Å². The van der Waals surface area contributed by atoms with E-state index in [0.717, 1.165) is 5.56 Å². The van der Waals surface area contributed by atoms with E-state index in [0.29, 0.717) is 47.2 Å². The minimum absolute atomic E-state index is 0.167. The number of aliphatic carboxylic acids is 1. The fourth-order valence-corrected chi connectivity index (χ4v) is 3.85. The summed E-state index contributed by atoms with van der Waals surface area (Å²) >= 11 is 0. The van der Waals surface area contributed by atoms with Crippen LogP contribution >= 0.6 is 0 Å². The first-order chi connectivity index (χ1) is 17.4. The number of hydrogen-bond acceptors (Lipinski definition) is 6. The van der Waals surface area contributed by atoms with Crippen LogP contribution in [0.2, 0.25) is 0 Å². The summed E-state index contributed by atoms with van der Waals surface area (Å²) in [5.74, 6) is 0.0548. The summed E-state index contributed by atoms with van der Waals surface area (Å²) in [4.78, 5) is 37.4. The molecule has 1 aliphatic heterocycles. The van der Waals surface area contributed by atoms with Crippen LogP contribution in [0.25, 0.3) is 0 Å². The third-order valence-electron chi connectivity index (χ3n) is 5.56. The molecule has 186 valence electrons. The maximum absolute atomic E-state index is 12.6. The van der Waals surface area contributed by atoms with Crippen molar-refractivity contribution in [1.29, 1.82) is 0 Å². The van der Waals surface area contributed by atoms with Gasteiger partial charge in [-0.15, -0.1) is 0 Å². The van der Waals surface area contributed by atoms with Gasteiger partial charge in [0.2, 0.25) is 5.91 Å². The second kappa shape index (κ2) is 11.3. The second-order valence-corrected chi connectivity index (χ2v) is 8.23. The van der Waals surface area contributed by atoms with E-state index in [1.807, 2.05) is 30.3 Å². The molecule has 0 radical (unpaired) electrons. The average molecular weight is 491 g/mol. The van der Waals surface area contributed by atoms with Crippen LogP contribution in [0, 0.1) is 0 Å². The number of methoxy groups -OCH3 is 1. The van der Waals surface area contributed by atoms with E-state index in [1.165, 1.54) is 12.0 Å². The van der Waals surface area contributed by atoms with Crippen molar-refractivity contribution in [2.45, 2.75) is 19.4 Å². The number of nitrogens with one attached hydrogen (secondary N) is 1. The lowest BCUT2D eigenvalue weighted by Gasteiger charge is -2.19. The third kappa shape index (κ3) is 6.32. The molecular formula is C27H26N2O7. The molecule has 4 rings (SSSR count). The summed E-state index contributed by atoms with van der Waals surface area (Å²) < 4.78 is 16.6. The summed E-state index contributed by atoms with van der Waals surface area (Å²) in [5.41, 5.74) is 2.63. The van der Waals surface area contributed by atoms with Crippen molar-refractivity contribution in [1.82, 2.24) is 4.90 Å². The van der Waals surface area contributed by atoms with Crippen LogP contribution in [-0.2, 0) is 33.7 Å². The first-order valence-electron chi connectivity index (χ1n) is 11.4. The molecule has 3 aromatic rings. The Morgan fingerprint density at radius 2 is 1.75 bits per heavy atom. The summed E-state index contributed by atoms with van der Waals surface area (Å²) in [6.45, 7) is 0.932. The van der Waals surface area contributed by atoms with Crippen molar-refractivity contribution in [3.63, 3.8) is 0 Å². The first kappa shape index (κ1) is 24.6. The molecule has 9 nitrogen and oxygen atoms in total. The van der Waals surface area contributed by atoms with Gasteiger partial charge in [-0.2, -0.15) is 0 Å². The molecule has 0 atom stereocenters. The molecule has 1 saturated heterocycles. The van der Waals surface area contributed by atoms with Gasteiger partial charge in [-0.25, -0.2) is 4.79 Å². The topological polar surface area (TPSA) is 114 Å². The molecule has 0 aromatic heterocycles. The molecule has 0 aliphatic carbocycles. The number of carbonyl (C=O) groups excluding carboxylic acids is 2. The maximum atomic E-state index is 12.6. The lowest BCUT2D eigenvalue weighted by molar-refractivity contribution is -0.136. The van der Waals surface area contributed by atoms with Gasteiger partial charge in [0.1, 0.15) is 12.4 Å². The molecule has 2 amide bonds. The van der Waals surface area contributed by atoms with Crippen LogP contribution in [0.15, 0.2) is 66.7 Å². The number of ether oxygens (including phenoxy) is 3. The summed E-state index contributed by atoms with van der Waals surface area (Å²) in [7, 11) is 1.49. The zero-order valence-corrected chi connectivity index (χ0v) is 19.7. The maximum Gasteiger partial charge on any atom is 0.410 e. The van der Waals surface area contributed by atoms with E-state index in [-0.39, 0.29) is 25.3 Å². The fourth-order valence-electron chi connectivity index (χ4n) is 3.85. The van der Waals surface area contributed by atoms with Gasteiger partial charge in [0.25, 0.3) is 0 Å². The molecular weight excluding hydrogens is 464 g/mol. The van der Waals surface area contributed by atoms with Crippen molar-refractivity contribution >= 4 is 23.7 Å². The predicted molar refractivity (Wildman–Crippen MR) is 131 cm³/mol. The van der Waals surface area contributed by atoms with Crippen LogP contribution in [0.3, 0.4) is 0 Å². The highest BCUT2D eigenvalue weighted by Gasteiger charge is 2.24. The zero-order valence-electron chi connectivity index (χ0n) is 19.7. The minimum Gasteiger partial charge on any atom is -0.493 e. The van der Waals surface area contributed by atoms with Crippen molar-refractivity contribution in [2.75, 3.05) is 25.6 Å². The Morgan fingerprint density at radius 3 is 2.44 bits per heavy atom. The summed E-state index contributed by atoms with van der Waals surface area (Å²) in [5, 5.41) is 12.0. The monoisotopic (exact) mass is 490 g/mol. The van der Waals surface area contributed by atoms with Crippen molar-refractivity contribution in [2.24, 2.45) is 0 Å². The van der Waals surface area contributed by atoms with Gasteiger partial charge in [0, 0.05) is 11.3 Å². The molecule has 3 aromatic carbocycles. The lowest BCUT2D eigenvalue weighted by atomic mass is 10.1. The van der Waals surface area contributed by atoms with Crippen LogP contribution in [0.5, 0.6) is 17.2 Å². The molecule has 0 bridgehead atoms. The highest BCUT2D eigenvalue weighted by atomic mass is 16.6. The Kier molecular flexibility index (Phi) is 7.69. The molecule has 0 unspecified atom stereocenters. The van der Waals surface area contributed by atoms with Crippen LogP contribution in [-0.4, -0.2) is 48.2 Å². The number of cyclic esters (lactones) is 1. The Labute approximate surface area is 208 Å². The van der Waals surface area contributed by atoms with Gasteiger partial charge in [0.15, 0.2) is 11.5 Å². The van der Waals surface area contributed by atoms with Gasteiger partial charge < -0.3 is 29.5 Å². The number of carboxylic acid groups (broad SMARTS) is 1. The third-order valence-corrected chi connectivity index (χ3v) is 5.56. The van der Waals surface area contributed by atoms with Crippen molar-refractivity contribution in [3.05, 3.63) is 83.4 Å². The molecule has 36 heavy (non-hydrogen) atoms. The first-order valence-corrected chi connectivity index (χ1v) is 11.4. The number of amides is 2. The Hall–Kier alpha value is -4.53. The van der Waals surface area contributed by atoms with Gasteiger partial charge in [0.05, 0.1) is 33.0 Å². The van der Waals surface area contributed by atoms with Crippen LogP contribution in [0.4, 0.5) is 10.5 Å². The predicted octanol–water partition coefficient (Wildman–Crippen LogP) is 4.25. The lowest BCUT2D eigenvalue weighted by Crippen LogP contribution is -2.24. The van der Waals surface area contributed by atoms with Crippen LogP contribution < -0.4 is 14.8 Å². The average Bonchev–Trinajstić information content (AvgIpc) is 3.25. The Bertz CT molecular complexity index is 1260. The number of carboxylic acids is 1. The molecule has 2 N–H and O–H groups in total. The molecule has 0 spiro atoms. The largest absolute Gasteiger partial charge is 0.493 e. The quantitative estimate of drug-likeness (QED) is 0.437.